The molecule has 0 aromatic heterocycles. The Labute approximate surface area is 277 Å². The van der Waals surface area contributed by atoms with Crippen LogP contribution in [0.3, 0.4) is 0 Å². The minimum Gasteiger partial charge on any atom is -0.252 e. The Kier molecular flexibility index (Phi) is 22.5. The van der Waals surface area contributed by atoms with E-state index < -0.39 is 0 Å². The molecule has 0 spiro atoms. The summed E-state index contributed by atoms with van der Waals surface area (Å²) in [6.07, 6.45) is 23.8. The van der Waals surface area contributed by atoms with Crippen molar-refractivity contribution in [1.29, 1.82) is 0 Å². The van der Waals surface area contributed by atoms with Crippen molar-refractivity contribution in [2.45, 2.75) is 170 Å². The zero-order chi connectivity index (χ0) is 30.4. The molecule has 2 aromatic carbocycles. The summed E-state index contributed by atoms with van der Waals surface area (Å²) in [6, 6.07) is 14.3. The average molecular weight is 632 g/mol. The first-order valence-electron chi connectivity index (χ1n) is 18.0. The van der Waals surface area contributed by atoms with Gasteiger partial charge in [-0.15, -0.1) is 0 Å². The van der Waals surface area contributed by atoms with Gasteiger partial charge in [0.15, 0.2) is 0 Å². The molecule has 0 aliphatic carbocycles. The molecule has 0 fully saturated rings. The fourth-order valence-electron chi connectivity index (χ4n) is 5.62. The van der Waals surface area contributed by atoms with Crippen LogP contribution in [0.4, 0.5) is 11.4 Å². The maximum absolute atomic E-state index is 5.47. The summed E-state index contributed by atoms with van der Waals surface area (Å²) in [5, 5.41) is 0. The van der Waals surface area contributed by atoms with Gasteiger partial charge >= 0.3 is 0 Å². The van der Waals surface area contributed by atoms with Crippen LogP contribution >= 0.6 is 0 Å². The molecule has 3 heteroatoms. The van der Waals surface area contributed by atoms with Crippen LogP contribution in [0, 0.1) is 0 Å². The van der Waals surface area contributed by atoms with Crippen molar-refractivity contribution in [2.75, 3.05) is 0 Å². The van der Waals surface area contributed by atoms with Crippen molar-refractivity contribution in [2.24, 2.45) is 9.98 Å². The fourth-order valence-corrected chi connectivity index (χ4v) is 5.62. The van der Waals surface area contributed by atoms with Gasteiger partial charge in [-0.05, 0) is 124 Å². The molecule has 0 bridgehead atoms. The normalized spacial score (nSPS) is 12.0. The smallest absolute Gasteiger partial charge is 0.0639 e. The van der Waals surface area contributed by atoms with Crippen LogP contribution in [0.2, 0.25) is 0 Å². The van der Waals surface area contributed by atoms with Crippen LogP contribution < -0.4 is 0 Å². The van der Waals surface area contributed by atoms with E-state index in [0.717, 1.165) is 56.3 Å². The topological polar surface area (TPSA) is 24.7 Å². The summed E-state index contributed by atoms with van der Waals surface area (Å²) in [4.78, 5) is 10.9. The molecule has 0 saturated carbocycles. The maximum atomic E-state index is 5.47. The van der Waals surface area contributed by atoms with Crippen molar-refractivity contribution in [3.05, 3.63) is 58.7 Å². The second kappa shape index (κ2) is 24.6. The van der Waals surface area contributed by atoms with Crippen molar-refractivity contribution < 1.29 is 16.5 Å². The average Bonchev–Trinajstić information content (AvgIpc) is 3.00. The molecule has 0 unspecified atom stereocenters. The van der Waals surface area contributed by atoms with E-state index in [0.29, 0.717) is 0 Å². The van der Waals surface area contributed by atoms with E-state index >= 15 is 0 Å². The molecule has 2 aromatic rings. The Morgan fingerprint density at radius 2 is 0.721 bits per heavy atom. The van der Waals surface area contributed by atoms with Gasteiger partial charge in [-0.3, -0.25) is 9.98 Å². The second-order valence-corrected chi connectivity index (χ2v) is 12.5. The third kappa shape index (κ3) is 16.2. The van der Waals surface area contributed by atoms with Crippen molar-refractivity contribution in [3.63, 3.8) is 0 Å². The van der Waals surface area contributed by atoms with Crippen molar-refractivity contribution in [3.8, 4) is 0 Å². The summed E-state index contributed by atoms with van der Waals surface area (Å²) in [7, 11) is 0. The molecule has 0 saturated heterocycles. The first-order valence-corrected chi connectivity index (χ1v) is 18.0. The van der Waals surface area contributed by atoms with Crippen LogP contribution in [0.1, 0.15) is 167 Å². The molecule has 0 radical (unpaired) electrons. The number of hydrogen-bond acceptors (Lipinski definition) is 2. The number of rotatable bonds is 23. The Bertz CT molecular complexity index is 1020. The molecule has 0 N–H and O–H groups in total. The van der Waals surface area contributed by atoms with Gasteiger partial charge in [0.25, 0.3) is 0 Å². The van der Waals surface area contributed by atoms with E-state index in [1.54, 1.807) is 0 Å². The van der Waals surface area contributed by atoms with E-state index in [9.17, 15) is 0 Å². The summed E-state index contributed by atoms with van der Waals surface area (Å²) in [6.45, 7) is 13.7. The van der Waals surface area contributed by atoms with Crippen LogP contribution in [-0.4, -0.2) is 11.4 Å². The fraction of sp³-hybridized carbons (Fsp3) is 0.650. The van der Waals surface area contributed by atoms with Crippen molar-refractivity contribution >= 4 is 22.8 Å². The van der Waals surface area contributed by atoms with Gasteiger partial charge in [-0.2, -0.15) is 0 Å². The van der Waals surface area contributed by atoms with Gasteiger partial charge in [0, 0.05) is 16.5 Å². The second-order valence-electron chi connectivity index (χ2n) is 12.5. The van der Waals surface area contributed by atoms with Gasteiger partial charge < -0.3 is 0 Å². The maximum Gasteiger partial charge on any atom is 0.0639 e. The van der Waals surface area contributed by atoms with Crippen molar-refractivity contribution in [1.82, 2.24) is 0 Å². The quantitative estimate of drug-likeness (QED) is 0.0662. The summed E-state index contributed by atoms with van der Waals surface area (Å²) < 4.78 is 0. The Morgan fingerprint density at radius 1 is 0.395 bits per heavy atom. The molecule has 2 rings (SSSR count). The van der Waals surface area contributed by atoms with E-state index in [1.807, 2.05) is 0 Å². The van der Waals surface area contributed by atoms with Crippen LogP contribution in [0.25, 0.3) is 0 Å². The molecule has 0 aliphatic heterocycles. The number of benzene rings is 2. The van der Waals surface area contributed by atoms with Crippen LogP contribution in [0.15, 0.2) is 46.4 Å². The molecular weight excluding hydrogens is 567 g/mol. The SMILES string of the molecule is CCCCCCC(=Nc1cc(CCCC)cc(CCCC)c1)C(CCCC)=Nc1cc(CCCC)cc(CCCC)c1.[Ni]. The molecule has 43 heavy (non-hydrogen) atoms. The van der Waals surface area contributed by atoms with Gasteiger partial charge in [0.05, 0.1) is 22.8 Å². The van der Waals surface area contributed by atoms with E-state index in [1.165, 1.54) is 117 Å². The minimum atomic E-state index is 0. The third-order valence-electron chi connectivity index (χ3n) is 8.25. The standard InChI is InChI=1S/C40H64N2.Ni/c1-7-13-19-20-26-40(42-38-31-35(23-16-10-4)28-36(32-38)24-17-11-5)39(25-18-12-6)41-37-29-33(21-14-8-2)27-34(30-37)22-15-9-3;/h27-32H,7-26H2,1-6H3;. The number of aryl methyl sites for hydroxylation is 4. The number of aliphatic imine (C=N–C) groups is 2. The van der Waals surface area contributed by atoms with E-state index in [-0.39, 0.29) is 16.5 Å². The van der Waals surface area contributed by atoms with E-state index in [4.69, 9.17) is 9.98 Å². The summed E-state index contributed by atoms with van der Waals surface area (Å²) in [5.41, 5.74) is 10.5. The first-order chi connectivity index (χ1) is 20.6. The molecule has 2 nitrogen and oxygen atoms in total. The predicted octanol–water partition coefficient (Wildman–Crippen LogP) is 13.1. The molecule has 0 atom stereocenters. The zero-order valence-corrected chi connectivity index (χ0v) is 29.8. The van der Waals surface area contributed by atoms with Gasteiger partial charge in [-0.25, -0.2) is 0 Å². The number of nitrogens with zero attached hydrogens (tertiary/aromatic N) is 2. The Morgan fingerprint density at radius 3 is 1.05 bits per heavy atom. The van der Waals surface area contributed by atoms with E-state index in [2.05, 4.69) is 77.9 Å². The summed E-state index contributed by atoms with van der Waals surface area (Å²) >= 11 is 0. The molecule has 0 amide bonds. The zero-order valence-electron chi connectivity index (χ0n) is 28.8. The van der Waals surface area contributed by atoms with Crippen LogP contribution in [-0.2, 0) is 42.2 Å². The van der Waals surface area contributed by atoms with Gasteiger partial charge in [-0.1, -0.05) is 105 Å². The molecule has 244 valence electrons. The number of unbranched alkanes of at least 4 members (excludes halogenated alkanes) is 8. The molecule has 0 heterocycles. The first kappa shape index (κ1) is 39.3. The van der Waals surface area contributed by atoms with Gasteiger partial charge in [0.2, 0.25) is 0 Å². The Balaban J connectivity index is 0.00000924. The Hall–Kier alpha value is -1.73. The number of hydrogen-bond donors (Lipinski definition) is 0. The predicted molar refractivity (Wildman–Crippen MR) is 190 cm³/mol. The molecular formula is C40H64N2Ni. The molecule has 0 aliphatic rings. The monoisotopic (exact) mass is 630 g/mol. The van der Waals surface area contributed by atoms with Gasteiger partial charge in [0.1, 0.15) is 0 Å². The third-order valence-corrected chi connectivity index (χ3v) is 8.25. The largest absolute Gasteiger partial charge is 0.252 e. The summed E-state index contributed by atoms with van der Waals surface area (Å²) in [5.74, 6) is 0. The van der Waals surface area contributed by atoms with Crippen LogP contribution in [0.5, 0.6) is 0 Å². The minimum absolute atomic E-state index is 0.